The molecule has 1 amide bonds. The van der Waals surface area contributed by atoms with E-state index >= 15 is 0 Å². The molecule has 4 rings (SSSR count). The second kappa shape index (κ2) is 8.93. The molecule has 7 heteroatoms. The quantitative estimate of drug-likeness (QED) is 0.552. The van der Waals surface area contributed by atoms with Gasteiger partial charge in [0.1, 0.15) is 0 Å². The van der Waals surface area contributed by atoms with Crippen molar-refractivity contribution >= 4 is 44.9 Å². The van der Waals surface area contributed by atoms with E-state index < -0.39 is 0 Å². The molecule has 1 saturated heterocycles. The molecule has 148 valence electrons. The van der Waals surface area contributed by atoms with Crippen LogP contribution in [0.4, 0.5) is 11.5 Å². The normalized spacial score (nSPS) is 14.6. The maximum atomic E-state index is 12.5. The Morgan fingerprint density at radius 2 is 1.66 bits per heavy atom. The summed E-state index contributed by atoms with van der Waals surface area (Å²) in [6.07, 6.45) is 1.59. The molecule has 3 aromatic rings. The molecule has 0 spiro atoms. The van der Waals surface area contributed by atoms with E-state index in [1.165, 1.54) is 0 Å². The fraction of sp³-hybridized carbons (Fsp3) is 0.227. The van der Waals surface area contributed by atoms with Gasteiger partial charge in [-0.15, -0.1) is 10.2 Å². The highest BCUT2D eigenvalue weighted by atomic mass is 79.9. The Morgan fingerprint density at radius 3 is 2.28 bits per heavy atom. The highest BCUT2D eigenvalue weighted by molar-refractivity contribution is 9.10. The maximum Gasteiger partial charge on any atom is 0.227 e. The standard InChI is InChI=1S/C22H20BrClN4O/c23-17-3-7-19(8-4-17)25-22(29)16-11-13-28(14-12-16)21-10-9-20(26-27-21)15-1-5-18(24)6-2-15/h1-10,16H,11-14H2,(H,25,29). The summed E-state index contributed by atoms with van der Waals surface area (Å²) in [7, 11) is 0. The van der Waals surface area contributed by atoms with Crippen LogP contribution in [0.2, 0.25) is 5.02 Å². The van der Waals surface area contributed by atoms with Gasteiger partial charge < -0.3 is 10.2 Å². The van der Waals surface area contributed by atoms with E-state index in [0.717, 1.165) is 53.2 Å². The van der Waals surface area contributed by atoms with Crippen LogP contribution in [0.25, 0.3) is 11.3 Å². The second-order valence-corrected chi connectivity index (χ2v) is 8.39. The van der Waals surface area contributed by atoms with Gasteiger partial charge in [0, 0.05) is 39.8 Å². The predicted molar refractivity (Wildman–Crippen MR) is 120 cm³/mol. The molecule has 1 aromatic heterocycles. The van der Waals surface area contributed by atoms with Crippen LogP contribution in [0.15, 0.2) is 65.1 Å². The van der Waals surface area contributed by atoms with Gasteiger partial charge in [-0.25, -0.2) is 0 Å². The molecule has 0 radical (unpaired) electrons. The van der Waals surface area contributed by atoms with Crippen LogP contribution in [0, 0.1) is 5.92 Å². The van der Waals surface area contributed by atoms with Gasteiger partial charge >= 0.3 is 0 Å². The van der Waals surface area contributed by atoms with Gasteiger partial charge in [-0.1, -0.05) is 39.7 Å². The van der Waals surface area contributed by atoms with Gasteiger partial charge in [-0.3, -0.25) is 4.79 Å². The minimum absolute atomic E-state index is 0.0104. The molecule has 1 aliphatic heterocycles. The van der Waals surface area contributed by atoms with Gasteiger partial charge in [0.15, 0.2) is 5.82 Å². The average molecular weight is 472 g/mol. The lowest BCUT2D eigenvalue weighted by atomic mass is 9.96. The van der Waals surface area contributed by atoms with Crippen molar-refractivity contribution in [1.29, 1.82) is 0 Å². The molecular weight excluding hydrogens is 452 g/mol. The van der Waals surface area contributed by atoms with Gasteiger partial charge in [0.2, 0.25) is 5.91 Å². The molecule has 1 aliphatic rings. The number of hydrogen-bond acceptors (Lipinski definition) is 4. The van der Waals surface area contributed by atoms with E-state index in [4.69, 9.17) is 11.6 Å². The first-order chi connectivity index (χ1) is 14.1. The number of anilines is 2. The highest BCUT2D eigenvalue weighted by Gasteiger charge is 2.26. The number of amides is 1. The molecule has 0 atom stereocenters. The first-order valence-corrected chi connectivity index (χ1v) is 10.7. The molecule has 2 aromatic carbocycles. The number of benzene rings is 2. The van der Waals surface area contributed by atoms with Crippen molar-refractivity contribution in [3.8, 4) is 11.3 Å². The lowest BCUT2D eigenvalue weighted by molar-refractivity contribution is -0.120. The number of rotatable bonds is 4. The molecule has 2 heterocycles. The molecule has 0 saturated carbocycles. The van der Waals surface area contributed by atoms with E-state index in [9.17, 15) is 4.79 Å². The summed E-state index contributed by atoms with van der Waals surface area (Å²) < 4.78 is 0.993. The Hall–Kier alpha value is -2.44. The summed E-state index contributed by atoms with van der Waals surface area (Å²) >= 11 is 9.34. The summed E-state index contributed by atoms with van der Waals surface area (Å²) in [5.74, 6) is 0.932. The van der Waals surface area contributed by atoms with Crippen LogP contribution in [0.1, 0.15) is 12.8 Å². The Labute approximate surface area is 183 Å². The van der Waals surface area contributed by atoms with Crippen LogP contribution < -0.4 is 10.2 Å². The fourth-order valence-corrected chi connectivity index (χ4v) is 3.81. The van der Waals surface area contributed by atoms with Crippen molar-refractivity contribution in [2.75, 3.05) is 23.3 Å². The van der Waals surface area contributed by atoms with E-state index in [1.54, 1.807) is 0 Å². The summed E-state index contributed by atoms with van der Waals surface area (Å²) in [5.41, 5.74) is 2.62. The van der Waals surface area contributed by atoms with Crippen LogP contribution in [0.5, 0.6) is 0 Å². The number of nitrogens with one attached hydrogen (secondary N) is 1. The molecule has 29 heavy (non-hydrogen) atoms. The molecule has 1 N–H and O–H groups in total. The summed E-state index contributed by atoms with van der Waals surface area (Å²) in [5, 5.41) is 12.4. The lowest BCUT2D eigenvalue weighted by Crippen LogP contribution is -2.38. The first-order valence-electron chi connectivity index (χ1n) is 9.49. The van der Waals surface area contributed by atoms with Crippen molar-refractivity contribution < 1.29 is 4.79 Å². The third kappa shape index (κ3) is 4.95. The Bertz CT molecular complexity index is 969. The van der Waals surface area contributed by atoms with Crippen molar-refractivity contribution in [1.82, 2.24) is 10.2 Å². The zero-order chi connectivity index (χ0) is 20.2. The van der Waals surface area contributed by atoms with Crippen molar-refractivity contribution in [2.24, 2.45) is 5.92 Å². The van der Waals surface area contributed by atoms with Gasteiger partial charge in [-0.2, -0.15) is 0 Å². The Morgan fingerprint density at radius 1 is 0.966 bits per heavy atom. The van der Waals surface area contributed by atoms with Crippen LogP contribution in [0.3, 0.4) is 0 Å². The highest BCUT2D eigenvalue weighted by Crippen LogP contribution is 2.25. The fourth-order valence-electron chi connectivity index (χ4n) is 3.42. The molecule has 0 aliphatic carbocycles. The zero-order valence-corrected chi connectivity index (χ0v) is 18.0. The molecule has 0 unspecified atom stereocenters. The zero-order valence-electron chi connectivity index (χ0n) is 15.7. The largest absolute Gasteiger partial charge is 0.355 e. The van der Waals surface area contributed by atoms with Crippen LogP contribution >= 0.6 is 27.5 Å². The number of carbonyl (C=O) groups is 1. The number of carbonyl (C=O) groups excluding carboxylic acids is 1. The summed E-state index contributed by atoms with van der Waals surface area (Å²) in [6, 6.07) is 19.1. The summed E-state index contributed by atoms with van der Waals surface area (Å²) in [6.45, 7) is 1.57. The monoisotopic (exact) mass is 470 g/mol. The maximum absolute atomic E-state index is 12.5. The van der Waals surface area contributed by atoms with Gasteiger partial charge in [0.25, 0.3) is 0 Å². The molecular formula is C22H20BrClN4O. The minimum Gasteiger partial charge on any atom is -0.355 e. The van der Waals surface area contributed by atoms with Gasteiger partial charge in [0.05, 0.1) is 5.69 Å². The summed E-state index contributed by atoms with van der Waals surface area (Å²) in [4.78, 5) is 14.7. The van der Waals surface area contributed by atoms with E-state index in [1.807, 2.05) is 60.7 Å². The van der Waals surface area contributed by atoms with E-state index in [2.05, 4.69) is 36.3 Å². The second-order valence-electron chi connectivity index (χ2n) is 7.04. The number of piperidine rings is 1. The molecule has 1 fully saturated rings. The van der Waals surface area contributed by atoms with Crippen LogP contribution in [-0.4, -0.2) is 29.2 Å². The number of halogens is 2. The predicted octanol–water partition coefficient (Wildman–Crippen LogP) is 5.41. The Balaban J connectivity index is 1.33. The first kappa shape index (κ1) is 19.9. The lowest BCUT2D eigenvalue weighted by Gasteiger charge is -2.31. The number of aromatic nitrogens is 2. The van der Waals surface area contributed by atoms with Crippen LogP contribution in [-0.2, 0) is 4.79 Å². The smallest absolute Gasteiger partial charge is 0.227 e. The third-order valence-electron chi connectivity index (χ3n) is 5.09. The minimum atomic E-state index is 0.0104. The SMILES string of the molecule is O=C(Nc1ccc(Br)cc1)C1CCN(c2ccc(-c3ccc(Cl)cc3)nn2)CC1. The molecule has 5 nitrogen and oxygen atoms in total. The van der Waals surface area contributed by atoms with Crippen molar-refractivity contribution in [2.45, 2.75) is 12.8 Å². The number of hydrogen-bond donors (Lipinski definition) is 1. The third-order valence-corrected chi connectivity index (χ3v) is 5.87. The number of nitrogens with zero attached hydrogens (tertiary/aromatic N) is 3. The molecule has 0 bridgehead atoms. The van der Waals surface area contributed by atoms with Gasteiger partial charge in [-0.05, 0) is 61.4 Å². The van der Waals surface area contributed by atoms with E-state index in [0.29, 0.717) is 5.02 Å². The van der Waals surface area contributed by atoms with Crippen molar-refractivity contribution in [3.63, 3.8) is 0 Å². The average Bonchev–Trinajstić information content (AvgIpc) is 2.76. The van der Waals surface area contributed by atoms with Crippen molar-refractivity contribution in [3.05, 3.63) is 70.2 Å². The van der Waals surface area contributed by atoms with E-state index in [-0.39, 0.29) is 11.8 Å². The topological polar surface area (TPSA) is 58.1 Å². The Kier molecular flexibility index (Phi) is 6.11.